The lowest BCUT2D eigenvalue weighted by Gasteiger charge is -2.11. The van der Waals surface area contributed by atoms with Gasteiger partial charge in [0.25, 0.3) is 5.56 Å². The molecule has 0 amide bonds. The van der Waals surface area contributed by atoms with E-state index in [4.69, 9.17) is 0 Å². The largest absolute Gasteiger partial charge is 0.284 e. The van der Waals surface area contributed by atoms with Crippen LogP contribution in [0.3, 0.4) is 0 Å². The summed E-state index contributed by atoms with van der Waals surface area (Å²) in [4.78, 5) is 12.3. The standard InChI is InChI=1S/C21H21NO/c1-15(2)17-7-5-8-18(13-17)19-10-11-21(23)22(14-19)20-9-4-6-16(3)12-20/h4-15H,1-3H3. The molecule has 2 nitrogen and oxygen atoms in total. The van der Waals surface area contributed by atoms with Gasteiger partial charge in [0.15, 0.2) is 0 Å². The zero-order valence-electron chi connectivity index (χ0n) is 13.8. The molecule has 3 aromatic rings. The summed E-state index contributed by atoms with van der Waals surface area (Å²) >= 11 is 0. The molecule has 0 aliphatic rings. The molecule has 1 aromatic heterocycles. The van der Waals surface area contributed by atoms with Crippen LogP contribution in [0.5, 0.6) is 0 Å². The topological polar surface area (TPSA) is 22.0 Å². The zero-order chi connectivity index (χ0) is 16.4. The third-order valence-corrected chi connectivity index (χ3v) is 4.08. The first-order valence-corrected chi connectivity index (χ1v) is 7.95. The quantitative estimate of drug-likeness (QED) is 0.672. The Bertz CT molecular complexity index is 890. The Morgan fingerprint density at radius 2 is 1.65 bits per heavy atom. The molecule has 0 fully saturated rings. The van der Waals surface area contributed by atoms with E-state index < -0.39 is 0 Å². The predicted molar refractivity (Wildman–Crippen MR) is 96.3 cm³/mol. The normalized spacial score (nSPS) is 11.0. The molecule has 23 heavy (non-hydrogen) atoms. The fraction of sp³-hybridized carbons (Fsp3) is 0.190. The van der Waals surface area contributed by atoms with Gasteiger partial charge in [-0.15, -0.1) is 0 Å². The van der Waals surface area contributed by atoms with Crippen molar-refractivity contribution in [3.05, 3.63) is 88.3 Å². The second-order valence-electron chi connectivity index (χ2n) is 6.25. The molecule has 2 heteroatoms. The number of hydrogen-bond acceptors (Lipinski definition) is 1. The van der Waals surface area contributed by atoms with Crippen molar-refractivity contribution < 1.29 is 0 Å². The minimum absolute atomic E-state index is 0.0145. The van der Waals surface area contributed by atoms with Crippen LogP contribution < -0.4 is 5.56 Å². The van der Waals surface area contributed by atoms with Crippen molar-refractivity contribution in [3.63, 3.8) is 0 Å². The van der Waals surface area contributed by atoms with Crippen LogP contribution >= 0.6 is 0 Å². The molecule has 3 rings (SSSR count). The van der Waals surface area contributed by atoms with Gasteiger partial charge >= 0.3 is 0 Å². The van der Waals surface area contributed by atoms with Crippen LogP contribution in [-0.2, 0) is 0 Å². The first-order chi connectivity index (χ1) is 11.0. The van der Waals surface area contributed by atoms with Crippen molar-refractivity contribution in [1.29, 1.82) is 0 Å². The smallest absolute Gasteiger partial charge is 0.255 e. The fourth-order valence-electron chi connectivity index (χ4n) is 2.71. The average Bonchev–Trinajstić information content (AvgIpc) is 2.55. The van der Waals surface area contributed by atoms with E-state index in [9.17, 15) is 4.79 Å². The van der Waals surface area contributed by atoms with Crippen LogP contribution in [0.1, 0.15) is 30.9 Å². The molecule has 0 unspecified atom stereocenters. The van der Waals surface area contributed by atoms with Gasteiger partial charge in [-0.25, -0.2) is 0 Å². The van der Waals surface area contributed by atoms with Crippen molar-refractivity contribution in [3.8, 4) is 16.8 Å². The Hall–Kier alpha value is -2.61. The van der Waals surface area contributed by atoms with Crippen molar-refractivity contribution in [2.24, 2.45) is 0 Å². The van der Waals surface area contributed by atoms with E-state index in [-0.39, 0.29) is 5.56 Å². The number of nitrogens with zero attached hydrogens (tertiary/aromatic N) is 1. The molecule has 0 saturated carbocycles. The molecule has 0 spiro atoms. The van der Waals surface area contributed by atoms with Gasteiger partial charge in [-0.3, -0.25) is 9.36 Å². The highest BCUT2D eigenvalue weighted by atomic mass is 16.1. The summed E-state index contributed by atoms with van der Waals surface area (Å²) < 4.78 is 1.71. The summed E-state index contributed by atoms with van der Waals surface area (Å²) in [5.74, 6) is 0.484. The van der Waals surface area contributed by atoms with Gasteiger partial charge in [0, 0.05) is 18.0 Å². The van der Waals surface area contributed by atoms with Crippen LogP contribution in [0.2, 0.25) is 0 Å². The minimum atomic E-state index is -0.0145. The van der Waals surface area contributed by atoms with E-state index >= 15 is 0 Å². The second kappa shape index (κ2) is 6.25. The number of aryl methyl sites for hydroxylation is 1. The molecule has 1 heterocycles. The summed E-state index contributed by atoms with van der Waals surface area (Å²) in [5.41, 5.74) is 5.51. The fourth-order valence-corrected chi connectivity index (χ4v) is 2.71. The molecule has 0 radical (unpaired) electrons. The molecule has 0 bridgehead atoms. The maximum atomic E-state index is 12.3. The van der Waals surface area contributed by atoms with E-state index in [1.54, 1.807) is 10.6 Å². The SMILES string of the molecule is Cc1cccc(-n2cc(-c3cccc(C(C)C)c3)ccc2=O)c1. The van der Waals surface area contributed by atoms with Gasteiger partial charge < -0.3 is 0 Å². The first-order valence-electron chi connectivity index (χ1n) is 7.95. The van der Waals surface area contributed by atoms with Gasteiger partial charge in [0.05, 0.1) is 0 Å². The molecular formula is C21H21NO. The lowest BCUT2D eigenvalue weighted by Crippen LogP contribution is -2.16. The Kier molecular flexibility index (Phi) is 4.16. The number of pyridine rings is 1. The second-order valence-corrected chi connectivity index (χ2v) is 6.25. The molecule has 0 saturated heterocycles. The van der Waals surface area contributed by atoms with Gasteiger partial charge in [0.1, 0.15) is 0 Å². The highest BCUT2D eigenvalue weighted by Gasteiger charge is 2.06. The van der Waals surface area contributed by atoms with E-state index in [1.807, 2.05) is 43.5 Å². The maximum Gasteiger partial charge on any atom is 0.255 e. The Morgan fingerprint density at radius 3 is 2.39 bits per heavy atom. The van der Waals surface area contributed by atoms with Crippen LogP contribution in [0, 0.1) is 6.92 Å². The van der Waals surface area contributed by atoms with Crippen LogP contribution in [0.15, 0.2) is 71.7 Å². The molecule has 0 aliphatic carbocycles. The van der Waals surface area contributed by atoms with E-state index in [0.717, 1.165) is 22.4 Å². The highest BCUT2D eigenvalue weighted by molar-refractivity contribution is 5.64. The van der Waals surface area contributed by atoms with E-state index in [0.29, 0.717) is 5.92 Å². The monoisotopic (exact) mass is 303 g/mol. The summed E-state index contributed by atoms with van der Waals surface area (Å²) in [5, 5.41) is 0. The third-order valence-electron chi connectivity index (χ3n) is 4.08. The van der Waals surface area contributed by atoms with Crippen LogP contribution in [0.25, 0.3) is 16.8 Å². The first kappa shape index (κ1) is 15.3. The Balaban J connectivity index is 2.11. The van der Waals surface area contributed by atoms with Crippen molar-refractivity contribution >= 4 is 0 Å². The molecular weight excluding hydrogens is 282 g/mol. The van der Waals surface area contributed by atoms with Gasteiger partial charge in [-0.2, -0.15) is 0 Å². The van der Waals surface area contributed by atoms with Gasteiger partial charge in [-0.05, 0) is 53.3 Å². The Labute approximate surface area is 137 Å². The van der Waals surface area contributed by atoms with Gasteiger partial charge in [-0.1, -0.05) is 50.2 Å². The number of rotatable bonds is 3. The van der Waals surface area contributed by atoms with Crippen LogP contribution in [-0.4, -0.2) is 4.57 Å². The predicted octanol–water partition coefficient (Wildman–Crippen LogP) is 4.94. The summed E-state index contributed by atoms with van der Waals surface area (Å²) in [6, 6.07) is 20.0. The van der Waals surface area contributed by atoms with Crippen molar-refractivity contribution in [2.75, 3.05) is 0 Å². The molecule has 0 atom stereocenters. The third kappa shape index (κ3) is 3.26. The zero-order valence-corrected chi connectivity index (χ0v) is 13.8. The summed E-state index contributed by atoms with van der Waals surface area (Å²) in [6.07, 6.45) is 1.93. The van der Waals surface area contributed by atoms with E-state index in [2.05, 4.69) is 38.1 Å². The lowest BCUT2D eigenvalue weighted by molar-refractivity contribution is 0.867. The molecule has 0 N–H and O–H groups in total. The summed E-state index contributed by atoms with van der Waals surface area (Å²) in [6.45, 7) is 6.41. The van der Waals surface area contributed by atoms with Crippen molar-refractivity contribution in [2.45, 2.75) is 26.7 Å². The van der Waals surface area contributed by atoms with E-state index in [1.165, 1.54) is 5.56 Å². The number of hydrogen-bond donors (Lipinski definition) is 0. The Morgan fingerprint density at radius 1 is 0.870 bits per heavy atom. The molecule has 2 aromatic carbocycles. The minimum Gasteiger partial charge on any atom is -0.284 e. The molecule has 116 valence electrons. The summed E-state index contributed by atoms with van der Waals surface area (Å²) in [7, 11) is 0. The highest BCUT2D eigenvalue weighted by Crippen LogP contribution is 2.24. The van der Waals surface area contributed by atoms with Crippen LogP contribution in [0.4, 0.5) is 0 Å². The lowest BCUT2D eigenvalue weighted by atomic mass is 9.98. The number of benzene rings is 2. The number of aromatic nitrogens is 1. The van der Waals surface area contributed by atoms with Crippen molar-refractivity contribution in [1.82, 2.24) is 4.57 Å². The average molecular weight is 303 g/mol. The maximum absolute atomic E-state index is 12.3. The molecule has 0 aliphatic heterocycles. The van der Waals surface area contributed by atoms with Gasteiger partial charge in [0.2, 0.25) is 0 Å².